The maximum Gasteiger partial charge on any atom is 0.253 e. The average molecular weight is 202 g/mol. The Kier molecular flexibility index (Phi) is 2.25. The quantitative estimate of drug-likeness (QED) is 0.799. The van der Waals surface area contributed by atoms with Gasteiger partial charge in [0.15, 0.2) is 5.75 Å². The number of amides is 1. The Morgan fingerprint density at radius 1 is 1.40 bits per heavy atom. The number of ether oxygens (including phenoxy) is 1. The van der Waals surface area contributed by atoms with Crippen LogP contribution >= 0.6 is 0 Å². The molecule has 0 atom stereocenters. The molecule has 0 aliphatic rings. The molecule has 0 fully saturated rings. The number of hydrogen-bond acceptors (Lipinski definition) is 3. The molecule has 0 aliphatic carbocycles. The Bertz CT molecular complexity index is 523. The summed E-state index contributed by atoms with van der Waals surface area (Å²) in [6.45, 7) is 0. The molecule has 2 rings (SSSR count). The number of carbonyl (C=O) groups is 1. The summed E-state index contributed by atoms with van der Waals surface area (Å²) >= 11 is 0. The zero-order chi connectivity index (χ0) is 10.8. The summed E-state index contributed by atoms with van der Waals surface area (Å²) < 4.78 is 5.05. The molecule has 2 aromatic rings. The number of primary amides is 1. The van der Waals surface area contributed by atoms with Crippen molar-refractivity contribution >= 4 is 16.8 Å². The third kappa shape index (κ3) is 1.50. The van der Waals surface area contributed by atoms with Crippen LogP contribution in [0.25, 0.3) is 10.9 Å². The highest BCUT2D eigenvalue weighted by Crippen LogP contribution is 2.25. The summed E-state index contributed by atoms with van der Waals surface area (Å²) in [5, 5.41) is 0.712. The predicted octanol–water partition coefficient (Wildman–Crippen LogP) is 1.34. The Morgan fingerprint density at radius 2 is 2.13 bits per heavy atom. The summed E-state index contributed by atoms with van der Waals surface area (Å²) in [5.74, 6) is -0.105. The largest absolute Gasteiger partial charge is 0.494 e. The van der Waals surface area contributed by atoms with Crippen LogP contribution in [0.1, 0.15) is 10.4 Å². The Morgan fingerprint density at radius 3 is 2.80 bits per heavy atom. The van der Waals surface area contributed by atoms with Gasteiger partial charge in [-0.25, -0.2) is 0 Å². The number of pyridine rings is 1. The van der Waals surface area contributed by atoms with Crippen molar-refractivity contribution in [2.75, 3.05) is 7.11 Å². The predicted molar refractivity (Wildman–Crippen MR) is 56.8 cm³/mol. The van der Waals surface area contributed by atoms with Crippen LogP contribution in [0.2, 0.25) is 0 Å². The number of aromatic nitrogens is 1. The molecule has 0 spiro atoms. The molecule has 0 aliphatic heterocycles. The van der Waals surface area contributed by atoms with Crippen LogP contribution in [-0.2, 0) is 0 Å². The second kappa shape index (κ2) is 3.57. The molecule has 4 heteroatoms. The number of fused-ring (bicyclic) bond motifs is 1. The van der Waals surface area contributed by atoms with Gasteiger partial charge in [0.25, 0.3) is 5.91 Å². The minimum absolute atomic E-state index is 0.378. The monoisotopic (exact) mass is 202 g/mol. The number of hydrogen-bond donors (Lipinski definition) is 1. The Hall–Kier alpha value is -2.10. The normalized spacial score (nSPS) is 10.2. The van der Waals surface area contributed by atoms with Gasteiger partial charge in [-0.15, -0.1) is 0 Å². The van der Waals surface area contributed by atoms with Gasteiger partial charge in [-0.3, -0.25) is 9.78 Å². The third-order valence-corrected chi connectivity index (χ3v) is 2.21. The maximum atomic E-state index is 11.3. The topological polar surface area (TPSA) is 65.2 Å². The van der Waals surface area contributed by atoms with Crippen LogP contribution in [0.4, 0.5) is 0 Å². The van der Waals surface area contributed by atoms with E-state index in [4.69, 9.17) is 10.5 Å². The minimum atomic E-state index is -0.509. The van der Waals surface area contributed by atoms with E-state index in [9.17, 15) is 4.79 Å². The molecule has 1 aromatic heterocycles. The molecule has 1 amide bonds. The lowest BCUT2D eigenvalue weighted by atomic mass is 10.1. The van der Waals surface area contributed by atoms with Gasteiger partial charge in [0, 0.05) is 5.39 Å². The van der Waals surface area contributed by atoms with E-state index >= 15 is 0 Å². The van der Waals surface area contributed by atoms with Gasteiger partial charge in [0.2, 0.25) is 0 Å². The first-order valence-corrected chi connectivity index (χ1v) is 4.45. The molecule has 1 heterocycles. The summed E-state index contributed by atoms with van der Waals surface area (Å²) in [7, 11) is 1.48. The van der Waals surface area contributed by atoms with Gasteiger partial charge < -0.3 is 10.5 Å². The zero-order valence-electron chi connectivity index (χ0n) is 8.23. The van der Waals surface area contributed by atoms with Crippen molar-refractivity contribution in [3.63, 3.8) is 0 Å². The van der Waals surface area contributed by atoms with Crippen molar-refractivity contribution in [3.05, 3.63) is 36.0 Å². The van der Waals surface area contributed by atoms with Crippen molar-refractivity contribution in [1.82, 2.24) is 4.98 Å². The van der Waals surface area contributed by atoms with Crippen LogP contribution in [0.3, 0.4) is 0 Å². The van der Waals surface area contributed by atoms with E-state index in [1.807, 2.05) is 18.2 Å². The lowest BCUT2D eigenvalue weighted by Gasteiger charge is -2.07. The molecule has 2 N–H and O–H groups in total. The summed E-state index contributed by atoms with van der Waals surface area (Å²) in [6, 6.07) is 7.30. The number of nitrogens with two attached hydrogens (primary N) is 1. The van der Waals surface area contributed by atoms with Crippen molar-refractivity contribution < 1.29 is 9.53 Å². The highest BCUT2D eigenvalue weighted by Gasteiger charge is 2.13. The van der Waals surface area contributed by atoms with E-state index < -0.39 is 5.91 Å². The number of methoxy groups -OCH3 is 1. The van der Waals surface area contributed by atoms with Crippen molar-refractivity contribution in [2.24, 2.45) is 5.73 Å². The van der Waals surface area contributed by atoms with Crippen molar-refractivity contribution in [2.45, 2.75) is 0 Å². The fourth-order valence-corrected chi connectivity index (χ4v) is 1.53. The number of rotatable bonds is 2. The average Bonchev–Trinajstić information content (AvgIpc) is 2.27. The molecule has 76 valence electrons. The van der Waals surface area contributed by atoms with Crippen LogP contribution in [-0.4, -0.2) is 18.0 Å². The van der Waals surface area contributed by atoms with E-state index in [1.165, 1.54) is 13.3 Å². The highest BCUT2D eigenvalue weighted by atomic mass is 16.5. The zero-order valence-corrected chi connectivity index (χ0v) is 8.23. The second-order valence-electron chi connectivity index (χ2n) is 3.08. The van der Waals surface area contributed by atoms with E-state index in [1.54, 1.807) is 6.07 Å². The number of carbonyl (C=O) groups excluding carboxylic acids is 1. The van der Waals surface area contributed by atoms with E-state index in [0.717, 1.165) is 5.52 Å². The first kappa shape index (κ1) is 9.45. The number of benzene rings is 1. The first-order valence-electron chi connectivity index (χ1n) is 4.45. The van der Waals surface area contributed by atoms with Crippen molar-refractivity contribution in [3.8, 4) is 5.75 Å². The fraction of sp³-hybridized carbons (Fsp3) is 0.0909. The molecule has 0 saturated heterocycles. The van der Waals surface area contributed by atoms with Gasteiger partial charge in [-0.1, -0.05) is 18.2 Å². The van der Waals surface area contributed by atoms with Crippen molar-refractivity contribution in [1.29, 1.82) is 0 Å². The van der Waals surface area contributed by atoms with Crippen LogP contribution < -0.4 is 10.5 Å². The maximum absolute atomic E-state index is 11.3. The summed E-state index contributed by atoms with van der Waals surface area (Å²) in [4.78, 5) is 15.5. The van der Waals surface area contributed by atoms with Gasteiger partial charge in [-0.2, -0.15) is 0 Å². The van der Waals surface area contributed by atoms with E-state index in [2.05, 4.69) is 4.98 Å². The van der Waals surface area contributed by atoms with E-state index in [0.29, 0.717) is 16.7 Å². The fourth-order valence-electron chi connectivity index (χ4n) is 1.53. The second-order valence-corrected chi connectivity index (χ2v) is 3.08. The van der Waals surface area contributed by atoms with Gasteiger partial charge in [-0.05, 0) is 6.07 Å². The molecular weight excluding hydrogens is 192 g/mol. The lowest BCUT2D eigenvalue weighted by Crippen LogP contribution is -2.13. The minimum Gasteiger partial charge on any atom is -0.494 e. The van der Waals surface area contributed by atoms with E-state index in [-0.39, 0.29) is 0 Å². The van der Waals surface area contributed by atoms with Crippen LogP contribution in [0, 0.1) is 0 Å². The van der Waals surface area contributed by atoms with Gasteiger partial charge in [0.1, 0.15) is 0 Å². The molecule has 0 radical (unpaired) electrons. The molecular formula is C11H10N2O2. The SMILES string of the molecule is COc1cnc2ccccc2c1C(N)=O. The Balaban J connectivity index is 2.85. The summed E-state index contributed by atoms with van der Waals surface area (Å²) in [6.07, 6.45) is 1.50. The first-order chi connectivity index (χ1) is 7.24. The molecule has 0 saturated carbocycles. The molecule has 15 heavy (non-hydrogen) atoms. The summed E-state index contributed by atoms with van der Waals surface area (Å²) in [5.41, 5.74) is 6.42. The highest BCUT2D eigenvalue weighted by molar-refractivity contribution is 6.07. The number of para-hydroxylation sites is 1. The molecule has 0 bridgehead atoms. The standard InChI is InChI=1S/C11H10N2O2/c1-15-9-6-13-8-5-3-2-4-7(8)10(9)11(12)14/h2-6H,1H3,(H2,12,14). The Labute approximate surface area is 86.7 Å². The smallest absolute Gasteiger partial charge is 0.253 e. The number of nitrogens with zero attached hydrogens (tertiary/aromatic N) is 1. The van der Waals surface area contributed by atoms with Crippen LogP contribution in [0.15, 0.2) is 30.5 Å². The van der Waals surface area contributed by atoms with Crippen LogP contribution in [0.5, 0.6) is 5.75 Å². The molecule has 1 aromatic carbocycles. The lowest BCUT2D eigenvalue weighted by molar-refractivity contribution is 0.0999. The molecule has 4 nitrogen and oxygen atoms in total. The third-order valence-electron chi connectivity index (χ3n) is 2.21. The molecule has 0 unspecified atom stereocenters. The van der Waals surface area contributed by atoms with Gasteiger partial charge >= 0.3 is 0 Å². The van der Waals surface area contributed by atoms with Gasteiger partial charge in [0.05, 0.1) is 24.4 Å².